The SMILES string of the molecule is C[C@@H]1O[C@@H](O[C@H]2[C@H](OC(=O)[C@]34CCC(C)(C)C[C@H]3C3=CC[C@@H]5[C@@]6(C)C[C@H](O)[C@H](O[C@@H]7O[C@H](C(=O)O)[C@@H](O)[C@H](O)[C@H]7O)[C@@](C)(C(=O)O)[C@@H]6CC[C@@]5(C)[C@]3(C)CC4)O[C@H](C)[C@H](O)[C@@H]2O)[C@H](O)[C@H](O[C@H]2OC[C@@H](O)[C@@H](O)[C@@H]2O)[C@H]1O[C@H]1OC[C@H](O)[C@@H](O)[C@@H]1O. The van der Waals surface area contributed by atoms with Gasteiger partial charge in [-0.25, -0.2) is 4.79 Å². The van der Waals surface area contributed by atoms with Crippen molar-refractivity contribution in [1.29, 1.82) is 0 Å². The lowest BCUT2D eigenvalue weighted by Crippen LogP contribution is -2.70. The van der Waals surface area contributed by atoms with Crippen molar-refractivity contribution in [3.63, 3.8) is 0 Å². The molecule has 28 heteroatoms. The van der Waals surface area contributed by atoms with Crippen molar-refractivity contribution in [2.24, 2.45) is 50.2 Å². The van der Waals surface area contributed by atoms with E-state index in [0.29, 0.717) is 51.4 Å². The Balaban J connectivity index is 0.916. The van der Waals surface area contributed by atoms with Gasteiger partial charge < -0.3 is 124 Å². The lowest BCUT2D eigenvalue weighted by Gasteiger charge is -2.71. The molecule has 0 spiro atoms. The smallest absolute Gasteiger partial charge is 0.335 e. The Morgan fingerprint density at radius 3 is 1.69 bits per heavy atom. The summed E-state index contributed by atoms with van der Waals surface area (Å²) in [4.78, 5) is 41.4. The number of ether oxygens (including phenoxy) is 10. The van der Waals surface area contributed by atoms with Crippen molar-refractivity contribution >= 4 is 17.9 Å². The maximum absolute atomic E-state index is 15.6. The Morgan fingerprint density at radius 1 is 0.523 bits per heavy atom. The van der Waals surface area contributed by atoms with Gasteiger partial charge in [-0.2, -0.15) is 0 Å². The molecule has 28 nitrogen and oxygen atoms in total. The number of esters is 1. The minimum Gasteiger partial charge on any atom is -0.481 e. The average Bonchev–Trinajstić information content (AvgIpc) is 0.676. The van der Waals surface area contributed by atoms with Crippen LogP contribution >= 0.6 is 0 Å². The van der Waals surface area contributed by atoms with Gasteiger partial charge in [0.15, 0.2) is 37.4 Å². The highest BCUT2D eigenvalue weighted by atomic mass is 16.8. The Hall–Kier alpha value is -2.73. The Kier molecular flexibility index (Phi) is 18.3. The zero-order valence-electron chi connectivity index (χ0n) is 49.5. The molecule has 0 amide bonds. The van der Waals surface area contributed by atoms with Crippen LogP contribution in [-0.4, -0.2) is 261 Å². The molecule has 0 aromatic heterocycles. The molecule has 15 N–H and O–H groups in total. The summed E-state index contributed by atoms with van der Waals surface area (Å²) >= 11 is 0. The molecule has 33 atom stereocenters. The van der Waals surface area contributed by atoms with Crippen molar-refractivity contribution in [1.82, 2.24) is 0 Å². The van der Waals surface area contributed by atoms with E-state index < -0.39 is 224 Å². The largest absolute Gasteiger partial charge is 0.481 e. The number of carbonyl (C=O) groups excluding carboxylic acids is 1. The van der Waals surface area contributed by atoms with Gasteiger partial charge in [0, 0.05) is 0 Å². The number of aliphatic hydroxyl groups is 13. The van der Waals surface area contributed by atoms with Gasteiger partial charge in [-0.1, -0.05) is 46.3 Å². The maximum Gasteiger partial charge on any atom is 0.335 e. The van der Waals surface area contributed by atoms with Crippen molar-refractivity contribution in [3.8, 4) is 0 Å². The predicted octanol–water partition coefficient (Wildman–Crippen LogP) is -2.75. The van der Waals surface area contributed by atoms with E-state index in [4.69, 9.17) is 47.4 Å². The van der Waals surface area contributed by atoms with Crippen LogP contribution in [0.25, 0.3) is 0 Å². The molecule has 0 radical (unpaired) electrons. The summed E-state index contributed by atoms with van der Waals surface area (Å²) in [6.07, 6.45) is -37.2. The molecule has 4 saturated carbocycles. The summed E-state index contributed by atoms with van der Waals surface area (Å²) < 4.78 is 59.7. The van der Waals surface area contributed by atoms with E-state index in [9.17, 15) is 86.2 Å². The van der Waals surface area contributed by atoms with E-state index in [2.05, 4.69) is 33.8 Å². The Bertz CT molecular complexity index is 2520. The number of rotatable bonds is 12. The summed E-state index contributed by atoms with van der Waals surface area (Å²) in [5.41, 5.74) is -4.34. The monoisotopic (exact) mass is 1230 g/mol. The number of carboxylic acids is 2. The number of carboxylic acid groups (broad SMARTS) is 2. The highest BCUT2D eigenvalue weighted by Gasteiger charge is 2.73. The van der Waals surface area contributed by atoms with Crippen LogP contribution in [0.2, 0.25) is 0 Å². The van der Waals surface area contributed by atoms with E-state index in [1.54, 1.807) is 0 Å². The first-order valence-electron chi connectivity index (χ1n) is 30.1. The Morgan fingerprint density at radius 2 is 1.08 bits per heavy atom. The number of hydrogen-bond acceptors (Lipinski definition) is 26. The van der Waals surface area contributed by atoms with E-state index in [1.807, 2.05) is 6.92 Å². The number of carbonyl (C=O) groups is 3. The summed E-state index contributed by atoms with van der Waals surface area (Å²) in [5.74, 6) is -4.97. The van der Waals surface area contributed by atoms with Crippen molar-refractivity contribution < 1.29 is 138 Å². The third-order valence-electron chi connectivity index (χ3n) is 22.7. The molecule has 86 heavy (non-hydrogen) atoms. The summed E-state index contributed by atoms with van der Waals surface area (Å²) in [6.45, 7) is 14.0. The lowest BCUT2D eigenvalue weighted by molar-refractivity contribution is -0.390. The van der Waals surface area contributed by atoms with Crippen molar-refractivity contribution in [3.05, 3.63) is 11.6 Å². The van der Waals surface area contributed by atoms with Gasteiger partial charge in [-0.15, -0.1) is 0 Å². The first-order chi connectivity index (χ1) is 40.1. The zero-order chi connectivity index (χ0) is 63.0. The molecule has 9 fully saturated rings. The van der Waals surface area contributed by atoms with Crippen LogP contribution in [0.15, 0.2) is 11.6 Å². The van der Waals surface area contributed by atoms with Crippen LogP contribution in [0.3, 0.4) is 0 Å². The summed E-state index contributed by atoms with van der Waals surface area (Å²) in [6, 6.07) is 0. The third kappa shape index (κ3) is 10.7. The molecule has 5 heterocycles. The minimum atomic E-state index is -2.03. The van der Waals surface area contributed by atoms with E-state index in [-0.39, 0.29) is 17.8 Å². The Labute approximate surface area is 496 Å². The molecule has 10 rings (SSSR count). The fourth-order valence-corrected chi connectivity index (χ4v) is 17.4. The zero-order valence-corrected chi connectivity index (χ0v) is 49.5. The molecule has 0 unspecified atom stereocenters. The molecule has 5 aliphatic carbocycles. The molecular formula is C58H90O28. The van der Waals surface area contributed by atoms with E-state index in [0.717, 1.165) is 5.57 Å². The van der Waals surface area contributed by atoms with Crippen molar-refractivity contribution in [2.75, 3.05) is 13.2 Å². The van der Waals surface area contributed by atoms with E-state index >= 15 is 4.79 Å². The summed E-state index contributed by atoms with van der Waals surface area (Å²) in [7, 11) is 0. The van der Waals surface area contributed by atoms with Crippen LogP contribution in [0.1, 0.15) is 113 Å². The lowest BCUT2D eigenvalue weighted by atomic mass is 9.33. The van der Waals surface area contributed by atoms with Gasteiger partial charge in [0.25, 0.3) is 0 Å². The van der Waals surface area contributed by atoms with Gasteiger partial charge in [0.05, 0.1) is 42.4 Å². The fourth-order valence-electron chi connectivity index (χ4n) is 17.4. The average molecular weight is 1240 g/mol. The number of allylic oxidation sites excluding steroid dienone is 2. The molecular weight excluding hydrogens is 1140 g/mol. The number of aliphatic carboxylic acids is 2. The van der Waals surface area contributed by atoms with Gasteiger partial charge in [0.1, 0.15) is 91.6 Å². The number of aliphatic hydroxyl groups excluding tert-OH is 13. The molecule has 10 aliphatic rings. The first kappa shape index (κ1) is 66.2. The minimum absolute atomic E-state index is 0.0325. The predicted molar refractivity (Wildman–Crippen MR) is 285 cm³/mol. The van der Waals surface area contributed by atoms with Crippen LogP contribution < -0.4 is 0 Å². The topological polar surface area (TPSA) is 447 Å². The highest BCUT2D eigenvalue weighted by Crippen LogP contribution is 2.76. The number of hydrogen-bond donors (Lipinski definition) is 15. The second kappa shape index (κ2) is 23.7. The molecule has 0 bridgehead atoms. The van der Waals surface area contributed by atoms with Gasteiger partial charge >= 0.3 is 17.9 Å². The normalized spacial score (nSPS) is 54.6. The van der Waals surface area contributed by atoms with Gasteiger partial charge in [-0.3, -0.25) is 9.59 Å². The molecule has 0 aromatic rings. The quantitative estimate of drug-likeness (QED) is 0.0535. The second-order valence-corrected chi connectivity index (χ2v) is 28.1. The maximum atomic E-state index is 15.6. The van der Waals surface area contributed by atoms with Crippen molar-refractivity contribution in [2.45, 2.75) is 267 Å². The van der Waals surface area contributed by atoms with Gasteiger partial charge in [0.2, 0.25) is 6.29 Å². The second-order valence-electron chi connectivity index (χ2n) is 28.1. The number of fused-ring (bicyclic) bond motifs is 7. The van der Waals surface area contributed by atoms with Gasteiger partial charge in [-0.05, 0) is 118 Å². The van der Waals surface area contributed by atoms with Crippen LogP contribution in [0.5, 0.6) is 0 Å². The molecule has 5 aliphatic heterocycles. The molecule has 0 aromatic carbocycles. The standard InChI is InChI=1S/C58H90O28/c1-21-30(62)34(66)43(84-49-39(71)41(82-47-37(69)32(64)27(61)20-78-47)40(22(2)80-49)81-46-36(68)31(63)26(60)19-77-46)50(79-21)86-52(76)58-15-13-53(3,4)17-24(58)23-9-10-28-54(5)18-25(59)44(85-48-38(70)33(65)35(67)42(83-48)45(72)73)57(8,51(74)75)29(54)11-12-56(28,7)55(23,6)14-16-58/h9,21-22,24-44,46-50,59-71H,10-20H2,1-8H3,(H,72,73)(H,74,75)/t21-,22+,24+,25+,26+,27-,28-,29-,30+,31-,32-,33+,34+,35+,36+,37+,38-,39-,40+,41+,42+,43-,44+,46-,47-,48+,49+,50+,54-,55-,56-,57+,58+/m1/s1. The third-order valence-corrected chi connectivity index (χ3v) is 22.7. The van der Waals surface area contributed by atoms with E-state index in [1.165, 1.54) is 20.8 Å². The highest BCUT2D eigenvalue weighted by molar-refractivity contribution is 5.79. The molecule has 490 valence electrons. The van der Waals surface area contributed by atoms with Crippen LogP contribution in [-0.2, 0) is 61.8 Å². The molecule has 5 saturated heterocycles. The van der Waals surface area contributed by atoms with Crippen LogP contribution in [0, 0.1) is 50.2 Å². The first-order valence-corrected chi connectivity index (χ1v) is 30.1. The fraction of sp³-hybridized carbons (Fsp3) is 0.914. The summed E-state index contributed by atoms with van der Waals surface area (Å²) in [5, 5.41) is 163. The van der Waals surface area contributed by atoms with Crippen LogP contribution in [0.4, 0.5) is 0 Å².